The van der Waals surface area contributed by atoms with E-state index in [1.54, 1.807) is 23.0 Å². The van der Waals surface area contributed by atoms with Crippen molar-refractivity contribution in [1.82, 2.24) is 34.4 Å². The largest absolute Gasteiger partial charge is 0.488 e. The fourth-order valence-electron chi connectivity index (χ4n) is 5.30. The summed E-state index contributed by atoms with van der Waals surface area (Å²) in [6.45, 7) is 4.40. The molecule has 4 aromatic heterocycles. The summed E-state index contributed by atoms with van der Waals surface area (Å²) in [4.78, 5) is 24.2. The number of rotatable bonds is 7. The van der Waals surface area contributed by atoms with E-state index in [0.717, 1.165) is 55.9 Å². The van der Waals surface area contributed by atoms with Gasteiger partial charge in [0.2, 0.25) is 11.8 Å². The van der Waals surface area contributed by atoms with E-state index in [2.05, 4.69) is 25.3 Å². The summed E-state index contributed by atoms with van der Waals surface area (Å²) in [7, 11) is 0. The van der Waals surface area contributed by atoms with Crippen molar-refractivity contribution < 1.29 is 13.5 Å². The number of likely N-dealkylation sites (tertiary alicyclic amines) is 1. The second kappa shape index (κ2) is 9.74. The summed E-state index contributed by atoms with van der Waals surface area (Å²) < 4.78 is 29.8. The molecule has 0 radical (unpaired) electrons. The number of nitrogens with zero attached hydrogens (tertiary/aromatic N) is 6. The van der Waals surface area contributed by atoms with Gasteiger partial charge in [-0.15, -0.1) is 5.10 Å². The molecule has 13 heteroatoms. The number of piperidine rings is 1. The Kier molecular flexibility index (Phi) is 6.05. The molecule has 0 amide bonds. The number of hydrogen-bond acceptors (Lipinski definition) is 10. The predicted molar refractivity (Wildman–Crippen MR) is 145 cm³/mol. The van der Waals surface area contributed by atoms with Gasteiger partial charge in [-0.05, 0) is 55.6 Å². The topological polar surface area (TPSA) is 129 Å². The first kappa shape index (κ1) is 24.2. The van der Waals surface area contributed by atoms with E-state index >= 15 is 0 Å². The van der Waals surface area contributed by atoms with Gasteiger partial charge in [-0.25, -0.2) is 9.37 Å². The number of aromatic nitrogens is 5. The minimum atomic E-state index is -0.201. The zero-order valence-electron chi connectivity index (χ0n) is 21.0. The minimum absolute atomic E-state index is 0.121. The van der Waals surface area contributed by atoms with Crippen LogP contribution in [-0.2, 0) is 6.54 Å². The number of nitrogens with one attached hydrogen (secondary N) is 1. The molecule has 202 valence electrons. The van der Waals surface area contributed by atoms with Crippen molar-refractivity contribution >= 4 is 33.3 Å². The molecule has 5 aromatic rings. The van der Waals surface area contributed by atoms with Crippen LogP contribution in [0.1, 0.15) is 24.3 Å². The lowest BCUT2D eigenvalue weighted by Crippen LogP contribution is -2.50. The van der Waals surface area contributed by atoms with Crippen LogP contribution in [0, 0.1) is 5.82 Å². The Hall–Kier alpha value is -3.81. The molecule has 1 aromatic carbocycles. The number of anilines is 1. The van der Waals surface area contributed by atoms with Gasteiger partial charge in [-0.1, -0.05) is 17.4 Å². The highest BCUT2D eigenvalue weighted by Gasteiger charge is 2.25. The first-order valence-corrected chi connectivity index (χ1v) is 13.8. The number of fused-ring (bicyclic) bond motifs is 3. The molecule has 6 heterocycles. The van der Waals surface area contributed by atoms with Crippen molar-refractivity contribution in [2.24, 2.45) is 0 Å². The van der Waals surface area contributed by atoms with Gasteiger partial charge in [0, 0.05) is 32.2 Å². The maximum atomic E-state index is 14.9. The highest BCUT2D eigenvalue weighted by Crippen LogP contribution is 2.32. The van der Waals surface area contributed by atoms with E-state index in [-0.39, 0.29) is 28.7 Å². The van der Waals surface area contributed by atoms with Gasteiger partial charge in [-0.3, -0.25) is 9.36 Å². The molecule has 11 nitrogen and oxygen atoms in total. The average Bonchev–Trinajstić information content (AvgIpc) is 3.65. The van der Waals surface area contributed by atoms with Crippen molar-refractivity contribution in [2.45, 2.75) is 31.4 Å². The Morgan fingerprint density at radius 3 is 2.72 bits per heavy atom. The molecular weight excluding hydrogens is 523 g/mol. The summed E-state index contributed by atoms with van der Waals surface area (Å²) in [6, 6.07) is 8.77. The highest BCUT2D eigenvalue weighted by atomic mass is 32.1. The number of hydrogen-bond donors (Lipinski definition) is 2. The smallest absolute Gasteiger partial charge is 0.309 e. The maximum absolute atomic E-state index is 14.9. The van der Waals surface area contributed by atoms with E-state index < -0.39 is 0 Å². The average molecular weight is 551 g/mol. The number of furan rings is 1. The Labute approximate surface area is 226 Å². The summed E-state index contributed by atoms with van der Waals surface area (Å²) in [5.74, 6) is 1.59. The zero-order valence-corrected chi connectivity index (χ0v) is 21.9. The second-order valence-electron chi connectivity index (χ2n) is 9.99. The Morgan fingerprint density at radius 1 is 1.15 bits per heavy atom. The van der Waals surface area contributed by atoms with Crippen LogP contribution < -0.4 is 20.7 Å². The van der Waals surface area contributed by atoms with E-state index in [1.807, 2.05) is 12.1 Å². The van der Waals surface area contributed by atoms with Gasteiger partial charge < -0.3 is 25.1 Å². The van der Waals surface area contributed by atoms with Gasteiger partial charge in [0.25, 0.3) is 0 Å². The lowest BCUT2D eigenvalue weighted by Gasteiger charge is -2.32. The predicted octanol–water partition coefficient (Wildman–Crippen LogP) is 2.71. The van der Waals surface area contributed by atoms with Gasteiger partial charge in [0.05, 0.1) is 6.26 Å². The lowest BCUT2D eigenvalue weighted by molar-refractivity contribution is 0.141. The highest BCUT2D eigenvalue weighted by molar-refractivity contribution is 7.17. The number of thiazole rings is 1. The molecule has 2 fully saturated rings. The monoisotopic (exact) mass is 550 g/mol. The Bertz CT molecular complexity index is 1700. The van der Waals surface area contributed by atoms with Gasteiger partial charge >= 0.3 is 4.87 Å². The Morgan fingerprint density at radius 2 is 2.00 bits per heavy atom. The molecular formula is C26H27FN8O3S. The van der Waals surface area contributed by atoms with Crippen LogP contribution in [0.15, 0.2) is 45.8 Å². The van der Waals surface area contributed by atoms with Crippen LogP contribution in [-0.4, -0.2) is 67.9 Å². The van der Waals surface area contributed by atoms with Crippen molar-refractivity contribution in [2.75, 3.05) is 38.5 Å². The molecule has 7 rings (SSSR count). The Balaban J connectivity index is 1.03. The second-order valence-corrected chi connectivity index (χ2v) is 10.9. The normalized spacial score (nSPS) is 17.3. The molecule has 2 aliphatic rings. The van der Waals surface area contributed by atoms with Crippen LogP contribution in [0.4, 0.5) is 10.3 Å². The molecule has 0 unspecified atom stereocenters. The van der Waals surface area contributed by atoms with E-state index in [4.69, 9.17) is 14.9 Å². The fraction of sp³-hybridized carbons (Fsp3) is 0.385. The van der Waals surface area contributed by atoms with E-state index in [1.165, 1.54) is 10.6 Å². The molecule has 3 N–H and O–H groups in total. The van der Waals surface area contributed by atoms with Crippen molar-refractivity contribution in [1.29, 1.82) is 0 Å². The summed E-state index contributed by atoms with van der Waals surface area (Å²) in [6.07, 6.45) is 3.37. The van der Waals surface area contributed by atoms with Crippen molar-refractivity contribution in [3.05, 3.63) is 57.6 Å². The van der Waals surface area contributed by atoms with E-state index in [9.17, 15) is 9.18 Å². The fourth-order valence-corrected chi connectivity index (χ4v) is 6.23. The number of nitrogens with two attached hydrogens (primary N) is 1. The zero-order chi connectivity index (χ0) is 26.5. The molecule has 2 saturated heterocycles. The molecule has 0 bridgehead atoms. The third-order valence-electron chi connectivity index (χ3n) is 7.54. The number of benzene rings is 1. The quantitative estimate of drug-likeness (QED) is 0.314. The standard InChI is InChI=1S/C26H27FN8O3S/c27-19-12-16(38-17-13-29-14-17)3-4-18(19)15-5-7-33(8-6-15)9-10-34-23-21(39-26(34)36)24-30-22(20-2-1-11-37-20)32-35(24)25(28)31-23/h1-4,11-12,15,17,29H,5-10,13-14H2,(H2,28,31). The van der Waals surface area contributed by atoms with Crippen LogP contribution in [0.2, 0.25) is 0 Å². The molecule has 39 heavy (non-hydrogen) atoms. The van der Waals surface area contributed by atoms with Gasteiger partial charge in [0.15, 0.2) is 17.1 Å². The third-order valence-corrected chi connectivity index (χ3v) is 8.51. The number of ether oxygens (including phenoxy) is 1. The van der Waals surface area contributed by atoms with Gasteiger partial charge in [0.1, 0.15) is 22.4 Å². The van der Waals surface area contributed by atoms with Gasteiger partial charge in [-0.2, -0.15) is 9.50 Å². The van der Waals surface area contributed by atoms with Crippen LogP contribution >= 0.6 is 11.3 Å². The molecule has 0 atom stereocenters. The van der Waals surface area contributed by atoms with Crippen molar-refractivity contribution in [3.8, 4) is 17.3 Å². The first-order valence-electron chi connectivity index (χ1n) is 13.0. The molecule has 2 aliphatic heterocycles. The molecule has 0 aliphatic carbocycles. The van der Waals surface area contributed by atoms with Crippen LogP contribution in [0.3, 0.4) is 0 Å². The summed E-state index contributed by atoms with van der Waals surface area (Å²) in [5, 5.41) is 7.55. The summed E-state index contributed by atoms with van der Waals surface area (Å²) in [5.41, 5.74) is 7.92. The van der Waals surface area contributed by atoms with Crippen LogP contribution in [0.5, 0.6) is 5.75 Å². The minimum Gasteiger partial charge on any atom is -0.488 e. The SMILES string of the molecule is Nc1nc2c(sc(=O)n2CCN2CCC(c3ccc(OC4CNC4)cc3F)CC2)c2nc(-c3ccco3)nn12. The number of halogens is 1. The summed E-state index contributed by atoms with van der Waals surface area (Å²) >= 11 is 1.08. The van der Waals surface area contributed by atoms with E-state index in [0.29, 0.717) is 46.4 Å². The third kappa shape index (κ3) is 4.45. The molecule has 0 saturated carbocycles. The first-order chi connectivity index (χ1) is 19.0. The number of nitrogen functional groups attached to an aromatic ring is 1. The van der Waals surface area contributed by atoms with Crippen LogP contribution in [0.25, 0.3) is 27.6 Å². The maximum Gasteiger partial charge on any atom is 0.309 e. The molecule has 0 spiro atoms. The lowest BCUT2D eigenvalue weighted by atomic mass is 9.89. The van der Waals surface area contributed by atoms with Crippen molar-refractivity contribution in [3.63, 3.8) is 0 Å².